The highest BCUT2D eigenvalue weighted by atomic mass is 16.4. The molecule has 0 aliphatic heterocycles. The SMILES string of the molecule is C[NH+](C)CCC[NH2+]CCCNC(=O)/C=N\O. The topological polar surface area (TPSA) is 82.7 Å². The molecule has 5 N–H and O–H groups in total. The highest BCUT2D eigenvalue weighted by Crippen LogP contribution is 1.69. The number of nitrogens with zero attached hydrogens (tertiary/aromatic N) is 1. The van der Waals surface area contributed by atoms with Gasteiger partial charge in [0.15, 0.2) is 0 Å². The van der Waals surface area contributed by atoms with Gasteiger partial charge in [0.2, 0.25) is 0 Å². The molecule has 0 saturated heterocycles. The van der Waals surface area contributed by atoms with Gasteiger partial charge in [0, 0.05) is 19.4 Å². The summed E-state index contributed by atoms with van der Waals surface area (Å²) in [5, 5.41) is 15.6. The van der Waals surface area contributed by atoms with E-state index in [0.29, 0.717) is 6.54 Å². The van der Waals surface area contributed by atoms with E-state index >= 15 is 0 Å². The van der Waals surface area contributed by atoms with Crippen LogP contribution < -0.4 is 15.5 Å². The number of nitrogens with two attached hydrogens (primary N) is 1. The molecule has 0 aromatic rings. The van der Waals surface area contributed by atoms with Gasteiger partial charge in [0.05, 0.1) is 33.7 Å². The Morgan fingerprint density at radius 2 is 2.12 bits per heavy atom. The van der Waals surface area contributed by atoms with Crippen LogP contribution in [0.2, 0.25) is 0 Å². The van der Waals surface area contributed by atoms with Gasteiger partial charge < -0.3 is 20.7 Å². The molecule has 0 aromatic carbocycles. The molecule has 0 saturated carbocycles. The van der Waals surface area contributed by atoms with Crippen molar-refractivity contribution in [1.29, 1.82) is 0 Å². The third-order valence-corrected chi connectivity index (χ3v) is 2.14. The Labute approximate surface area is 96.7 Å². The van der Waals surface area contributed by atoms with Gasteiger partial charge in [-0.25, -0.2) is 0 Å². The molecular weight excluding hydrogens is 208 g/mol. The predicted molar refractivity (Wildman–Crippen MR) is 61.9 cm³/mol. The standard InChI is InChI=1S/C10H22N4O2/c1-14(2)8-4-6-11-5-3-7-12-10(15)9-13-16/h9,11,16H,3-8H2,1-2H3,(H,12,15)/p+2/b13-9-. The van der Waals surface area contributed by atoms with Crippen molar-refractivity contribution >= 4 is 12.1 Å². The van der Waals surface area contributed by atoms with Crippen LogP contribution in [-0.2, 0) is 4.79 Å². The third kappa shape index (κ3) is 10.9. The fourth-order valence-corrected chi connectivity index (χ4v) is 1.30. The summed E-state index contributed by atoms with van der Waals surface area (Å²) in [6, 6.07) is 0. The molecule has 94 valence electrons. The Hall–Kier alpha value is -1.14. The van der Waals surface area contributed by atoms with Gasteiger partial charge in [-0.2, -0.15) is 0 Å². The molecule has 0 aliphatic carbocycles. The molecule has 0 unspecified atom stereocenters. The molecule has 0 radical (unpaired) electrons. The summed E-state index contributed by atoms with van der Waals surface area (Å²) < 4.78 is 0. The summed E-state index contributed by atoms with van der Waals surface area (Å²) in [5.74, 6) is -0.348. The van der Waals surface area contributed by atoms with Gasteiger partial charge in [-0.3, -0.25) is 4.79 Å². The van der Waals surface area contributed by atoms with Gasteiger partial charge in [-0.1, -0.05) is 5.16 Å². The van der Waals surface area contributed by atoms with Gasteiger partial charge in [-0.05, 0) is 0 Å². The van der Waals surface area contributed by atoms with Crippen LogP contribution in [0.4, 0.5) is 0 Å². The van der Waals surface area contributed by atoms with Gasteiger partial charge in [0.1, 0.15) is 6.21 Å². The first-order valence-corrected chi connectivity index (χ1v) is 5.72. The summed E-state index contributed by atoms with van der Waals surface area (Å²) in [6.07, 6.45) is 3.01. The average molecular weight is 232 g/mol. The maximum absolute atomic E-state index is 10.8. The Morgan fingerprint density at radius 1 is 1.44 bits per heavy atom. The summed E-state index contributed by atoms with van der Waals surface area (Å²) >= 11 is 0. The highest BCUT2D eigenvalue weighted by molar-refractivity contribution is 6.25. The van der Waals surface area contributed by atoms with E-state index in [4.69, 9.17) is 5.21 Å². The number of carbonyl (C=O) groups is 1. The van der Waals surface area contributed by atoms with Crippen molar-refractivity contribution in [3.8, 4) is 0 Å². The van der Waals surface area contributed by atoms with Crippen molar-refractivity contribution in [3.05, 3.63) is 0 Å². The van der Waals surface area contributed by atoms with E-state index in [1.54, 1.807) is 0 Å². The van der Waals surface area contributed by atoms with Crippen LogP contribution in [0.15, 0.2) is 5.16 Å². The maximum Gasteiger partial charge on any atom is 0.265 e. The van der Waals surface area contributed by atoms with Crippen molar-refractivity contribution in [2.75, 3.05) is 40.3 Å². The summed E-state index contributed by atoms with van der Waals surface area (Å²) in [5.41, 5.74) is 0. The third-order valence-electron chi connectivity index (χ3n) is 2.14. The summed E-state index contributed by atoms with van der Waals surface area (Å²) in [6.45, 7) is 3.97. The number of rotatable bonds is 9. The number of oxime groups is 1. The molecule has 0 aromatic heterocycles. The molecular formula is C10H24N4O2+2. The van der Waals surface area contributed by atoms with Crippen LogP contribution in [0.3, 0.4) is 0 Å². The van der Waals surface area contributed by atoms with E-state index in [9.17, 15) is 4.79 Å². The Kier molecular flexibility index (Phi) is 9.64. The second-order valence-corrected chi connectivity index (χ2v) is 4.07. The number of hydrogen-bond donors (Lipinski definition) is 4. The minimum absolute atomic E-state index is 0.348. The van der Waals surface area contributed by atoms with Crippen LogP contribution in [0.25, 0.3) is 0 Å². The van der Waals surface area contributed by atoms with Gasteiger partial charge in [-0.15, -0.1) is 0 Å². The first-order valence-electron chi connectivity index (χ1n) is 5.72. The molecule has 0 aliphatic rings. The first-order chi connectivity index (χ1) is 7.66. The fourth-order valence-electron chi connectivity index (χ4n) is 1.30. The van der Waals surface area contributed by atoms with E-state index in [0.717, 1.165) is 25.7 Å². The van der Waals surface area contributed by atoms with Crippen LogP contribution in [0, 0.1) is 0 Å². The zero-order chi connectivity index (χ0) is 12.2. The normalized spacial score (nSPS) is 11.2. The molecule has 6 nitrogen and oxygen atoms in total. The van der Waals surface area contributed by atoms with Crippen LogP contribution >= 0.6 is 0 Å². The zero-order valence-corrected chi connectivity index (χ0v) is 10.2. The van der Waals surface area contributed by atoms with Crippen molar-refractivity contribution < 1.29 is 20.2 Å². The minimum Gasteiger partial charge on any atom is -0.411 e. The summed E-state index contributed by atoms with van der Waals surface area (Å²) in [7, 11) is 4.30. The van der Waals surface area contributed by atoms with Crippen LogP contribution in [0.5, 0.6) is 0 Å². The molecule has 0 fully saturated rings. The van der Waals surface area contributed by atoms with Crippen LogP contribution in [0.1, 0.15) is 12.8 Å². The Morgan fingerprint density at radius 3 is 2.75 bits per heavy atom. The zero-order valence-electron chi connectivity index (χ0n) is 10.2. The lowest BCUT2D eigenvalue weighted by atomic mass is 10.3. The van der Waals surface area contributed by atoms with E-state index < -0.39 is 0 Å². The van der Waals surface area contributed by atoms with E-state index in [-0.39, 0.29) is 5.91 Å². The lowest BCUT2D eigenvalue weighted by Crippen LogP contribution is -3.06. The molecule has 1 amide bonds. The molecule has 0 spiro atoms. The fraction of sp³-hybridized carbons (Fsp3) is 0.800. The number of quaternary nitrogens is 2. The second kappa shape index (κ2) is 10.4. The molecule has 16 heavy (non-hydrogen) atoms. The highest BCUT2D eigenvalue weighted by Gasteiger charge is 1.97. The van der Waals surface area contributed by atoms with E-state index in [1.807, 2.05) is 0 Å². The van der Waals surface area contributed by atoms with Crippen molar-refractivity contribution in [2.45, 2.75) is 12.8 Å². The largest absolute Gasteiger partial charge is 0.411 e. The lowest BCUT2D eigenvalue weighted by molar-refractivity contribution is -0.860. The monoisotopic (exact) mass is 232 g/mol. The van der Waals surface area contributed by atoms with Gasteiger partial charge in [0.25, 0.3) is 5.91 Å². The number of carbonyl (C=O) groups excluding carboxylic acids is 1. The quantitative estimate of drug-likeness (QED) is 0.148. The first kappa shape index (κ1) is 14.9. The van der Waals surface area contributed by atoms with Crippen molar-refractivity contribution in [3.63, 3.8) is 0 Å². The van der Waals surface area contributed by atoms with Crippen LogP contribution in [-0.4, -0.2) is 57.6 Å². The molecule has 6 heteroatoms. The predicted octanol–water partition coefficient (Wildman–Crippen LogP) is -2.95. The minimum atomic E-state index is -0.348. The Balaban J connectivity index is 3.13. The maximum atomic E-state index is 10.8. The summed E-state index contributed by atoms with van der Waals surface area (Å²) in [4.78, 5) is 12.3. The van der Waals surface area contributed by atoms with E-state index in [1.165, 1.54) is 17.9 Å². The second-order valence-electron chi connectivity index (χ2n) is 4.07. The molecule has 0 heterocycles. The van der Waals surface area contributed by atoms with Gasteiger partial charge >= 0.3 is 0 Å². The average Bonchev–Trinajstić information content (AvgIpc) is 2.22. The van der Waals surface area contributed by atoms with Crippen molar-refractivity contribution in [1.82, 2.24) is 5.32 Å². The Bertz CT molecular complexity index is 207. The molecule has 0 atom stereocenters. The molecule has 0 rings (SSSR count). The number of nitrogens with one attached hydrogen (secondary N) is 2. The van der Waals surface area contributed by atoms with Crippen molar-refractivity contribution in [2.24, 2.45) is 5.16 Å². The number of hydrogen-bond acceptors (Lipinski definition) is 3. The smallest absolute Gasteiger partial charge is 0.265 e. The van der Waals surface area contributed by atoms with E-state index in [2.05, 4.69) is 29.9 Å². The lowest BCUT2D eigenvalue weighted by Gasteiger charge is -2.06. The number of amides is 1. The molecule has 0 bridgehead atoms.